The molecule has 7 nitrogen and oxygen atoms in total. The molecule has 0 saturated heterocycles. The molecule has 90 valence electrons. The standard InChI is InChI=1S/C9H11N5O2S/c1-6-7(17-5-12-6)3-10-8-9(14(15)16)11-4-13(8)2/h4-5,10H,3H2,1-2H3. The molecule has 0 fully saturated rings. The van der Waals surface area contributed by atoms with Crippen molar-refractivity contribution >= 4 is 23.0 Å². The zero-order valence-corrected chi connectivity index (χ0v) is 10.2. The summed E-state index contributed by atoms with van der Waals surface area (Å²) in [6.45, 7) is 2.42. The van der Waals surface area contributed by atoms with Crippen LogP contribution in [0.2, 0.25) is 0 Å². The number of aromatic nitrogens is 3. The Morgan fingerprint density at radius 3 is 2.94 bits per heavy atom. The maximum Gasteiger partial charge on any atom is 0.406 e. The van der Waals surface area contributed by atoms with Gasteiger partial charge in [0, 0.05) is 11.9 Å². The predicted molar refractivity (Wildman–Crippen MR) is 64.0 cm³/mol. The number of thiazole rings is 1. The molecule has 17 heavy (non-hydrogen) atoms. The van der Waals surface area contributed by atoms with E-state index in [2.05, 4.69) is 15.3 Å². The Morgan fingerprint density at radius 1 is 1.59 bits per heavy atom. The number of hydrogen-bond acceptors (Lipinski definition) is 6. The maximum atomic E-state index is 10.7. The third-order valence-electron chi connectivity index (χ3n) is 2.35. The van der Waals surface area contributed by atoms with Gasteiger partial charge in [-0.25, -0.2) is 4.98 Å². The highest BCUT2D eigenvalue weighted by atomic mass is 32.1. The highest BCUT2D eigenvalue weighted by molar-refractivity contribution is 7.09. The summed E-state index contributed by atoms with van der Waals surface area (Å²) < 4.78 is 1.59. The van der Waals surface area contributed by atoms with Gasteiger partial charge in [0.15, 0.2) is 0 Å². The molecule has 1 N–H and O–H groups in total. The van der Waals surface area contributed by atoms with Gasteiger partial charge in [0.1, 0.15) is 0 Å². The fourth-order valence-corrected chi connectivity index (χ4v) is 2.13. The average molecular weight is 253 g/mol. The van der Waals surface area contributed by atoms with Crippen LogP contribution in [0.5, 0.6) is 0 Å². The monoisotopic (exact) mass is 253 g/mol. The van der Waals surface area contributed by atoms with Gasteiger partial charge >= 0.3 is 5.82 Å². The molecule has 0 unspecified atom stereocenters. The van der Waals surface area contributed by atoms with Crippen LogP contribution in [0.3, 0.4) is 0 Å². The summed E-state index contributed by atoms with van der Waals surface area (Å²) in [7, 11) is 1.71. The molecular formula is C9H11N5O2S. The summed E-state index contributed by atoms with van der Waals surface area (Å²) in [6.07, 6.45) is 1.42. The van der Waals surface area contributed by atoms with Crippen molar-refractivity contribution in [2.45, 2.75) is 13.5 Å². The summed E-state index contributed by atoms with van der Waals surface area (Å²) >= 11 is 1.52. The van der Waals surface area contributed by atoms with Crippen LogP contribution in [0.15, 0.2) is 11.8 Å². The predicted octanol–water partition coefficient (Wildman–Crippen LogP) is 1.71. The second kappa shape index (κ2) is 4.50. The lowest BCUT2D eigenvalue weighted by molar-refractivity contribution is -0.388. The number of hydrogen-bond donors (Lipinski definition) is 1. The molecule has 8 heteroatoms. The molecule has 0 radical (unpaired) electrons. The lowest BCUT2D eigenvalue weighted by Crippen LogP contribution is -2.05. The molecule has 0 aliphatic rings. The quantitative estimate of drug-likeness (QED) is 0.662. The molecule has 2 aromatic rings. The minimum absolute atomic E-state index is 0.158. The topological polar surface area (TPSA) is 85.9 Å². The van der Waals surface area contributed by atoms with Crippen LogP contribution in [0.25, 0.3) is 0 Å². The molecule has 0 aliphatic carbocycles. The lowest BCUT2D eigenvalue weighted by Gasteiger charge is -2.04. The third-order valence-corrected chi connectivity index (χ3v) is 3.29. The second-order valence-electron chi connectivity index (χ2n) is 3.50. The second-order valence-corrected chi connectivity index (χ2v) is 4.44. The Balaban J connectivity index is 2.16. The van der Waals surface area contributed by atoms with Gasteiger partial charge in [-0.15, -0.1) is 11.3 Å². The van der Waals surface area contributed by atoms with E-state index in [0.29, 0.717) is 12.4 Å². The minimum atomic E-state index is -0.498. The first-order chi connectivity index (χ1) is 8.09. The zero-order valence-electron chi connectivity index (χ0n) is 9.38. The molecule has 0 spiro atoms. The Bertz CT molecular complexity index is 547. The van der Waals surface area contributed by atoms with E-state index in [9.17, 15) is 10.1 Å². The first kappa shape index (κ1) is 11.5. The van der Waals surface area contributed by atoms with E-state index in [1.807, 2.05) is 6.92 Å². The van der Waals surface area contributed by atoms with Gasteiger partial charge in [0.05, 0.1) is 17.7 Å². The van der Waals surface area contributed by atoms with Crippen molar-refractivity contribution in [3.63, 3.8) is 0 Å². The van der Waals surface area contributed by atoms with Gasteiger partial charge in [-0.3, -0.25) is 4.57 Å². The maximum absolute atomic E-state index is 10.7. The Hall–Kier alpha value is -1.96. The van der Waals surface area contributed by atoms with Crippen molar-refractivity contribution in [1.29, 1.82) is 0 Å². The number of anilines is 1. The fraction of sp³-hybridized carbons (Fsp3) is 0.333. The van der Waals surface area contributed by atoms with Crippen LogP contribution < -0.4 is 5.32 Å². The van der Waals surface area contributed by atoms with Crippen molar-refractivity contribution in [3.05, 3.63) is 32.5 Å². The molecule has 0 aliphatic heterocycles. The molecule has 0 atom stereocenters. The normalized spacial score (nSPS) is 10.5. The van der Waals surface area contributed by atoms with Crippen molar-refractivity contribution < 1.29 is 4.92 Å². The van der Waals surface area contributed by atoms with E-state index in [1.54, 1.807) is 17.1 Å². The number of nitro groups is 1. The molecule has 2 heterocycles. The van der Waals surface area contributed by atoms with Crippen molar-refractivity contribution in [2.75, 3.05) is 5.32 Å². The lowest BCUT2D eigenvalue weighted by atomic mass is 10.4. The Morgan fingerprint density at radius 2 is 2.35 bits per heavy atom. The Labute approximate surface area is 101 Å². The van der Waals surface area contributed by atoms with Gasteiger partial charge in [-0.2, -0.15) is 0 Å². The van der Waals surface area contributed by atoms with Crippen molar-refractivity contribution in [1.82, 2.24) is 14.5 Å². The number of aryl methyl sites for hydroxylation is 2. The zero-order chi connectivity index (χ0) is 12.4. The number of nitrogens with zero attached hydrogens (tertiary/aromatic N) is 4. The van der Waals surface area contributed by atoms with Crippen molar-refractivity contribution in [3.8, 4) is 0 Å². The molecule has 0 aromatic carbocycles. The highest BCUT2D eigenvalue weighted by Gasteiger charge is 2.19. The number of imidazole rings is 1. The van der Waals surface area contributed by atoms with Crippen LogP contribution in [0.4, 0.5) is 11.6 Å². The van der Waals surface area contributed by atoms with Crippen LogP contribution in [-0.2, 0) is 13.6 Å². The van der Waals surface area contributed by atoms with E-state index >= 15 is 0 Å². The van der Waals surface area contributed by atoms with Gasteiger partial charge in [0.2, 0.25) is 12.1 Å². The van der Waals surface area contributed by atoms with E-state index in [0.717, 1.165) is 10.6 Å². The van der Waals surface area contributed by atoms with E-state index in [-0.39, 0.29) is 5.82 Å². The molecular weight excluding hydrogens is 242 g/mol. The molecule has 0 amide bonds. The first-order valence-corrected chi connectivity index (χ1v) is 5.76. The van der Waals surface area contributed by atoms with Crippen LogP contribution in [-0.4, -0.2) is 19.5 Å². The first-order valence-electron chi connectivity index (χ1n) is 4.88. The highest BCUT2D eigenvalue weighted by Crippen LogP contribution is 2.22. The molecule has 0 saturated carbocycles. The molecule has 0 bridgehead atoms. The van der Waals surface area contributed by atoms with Gasteiger partial charge < -0.3 is 15.4 Å². The third kappa shape index (κ3) is 2.26. The Kier molecular flexibility index (Phi) is 3.05. The largest absolute Gasteiger partial charge is 0.406 e. The van der Waals surface area contributed by atoms with E-state index < -0.39 is 4.92 Å². The molecule has 2 rings (SSSR count). The van der Waals surface area contributed by atoms with Crippen LogP contribution in [0.1, 0.15) is 10.6 Å². The van der Waals surface area contributed by atoms with Gasteiger partial charge in [0.25, 0.3) is 0 Å². The van der Waals surface area contributed by atoms with Crippen molar-refractivity contribution in [2.24, 2.45) is 7.05 Å². The minimum Gasteiger partial charge on any atom is -0.359 e. The summed E-state index contributed by atoms with van der Waals surface area (Å²) in [5, 5.41) is 13.8. The summed E-state index contributed by atoms with van der Waals surface area (Å²) in [6, 6.07) is 0. The summed E-state index contributed by atoms with van der Waals surface area (Å²) in [4.78, 5) is 19.1. The smallest absolute Gasteiger partial charge is 0.359 e. The fourth-order valence-electron chi connectivity index (χ4n) is 1.42. The summed E-state index contributed by atoms with van der Waals surface area (Å²) in [5.41, 5.74) is 2.69. The van der Waals surface area contributed by atoms with Crippen LogP contribution >= 0.6 is 11.3 Å². The molecule has 2 aromatic heterocycles. The van der Waals surface area contributed by atoms with E-state index in [4.69, 9.17) is 0 Å². The van der Waals surface area contributed by atoms with Gasteiger partial charge in [-0.1, -0.05) is 0 Å². The van der Waals surface area contributed by atoms with Gasteiger partial charge in [-0.05, 0) is 16.8 Å². The van der Waals surface area contributed by atoms with E-state index in [1.165, 1.54) is 17.7 Å². The average Bonchev–Trinajstić information content (AvgIpc) is 2.82. The SMILES string of the molecule is Cc1ncsc1CNc1c([N+](=O)[O-])ncn1C. The number of rotatable bonds is 4. The summed E-state index contributed by atoms with van der Waals surface area (Å²) in [5.74, 6) is 0.248. The van der Waals surface area contributed by atoms with Crippen LogP contribution in [0, 0.1) is 17.0 Å². The number of nitrogens with one attached hydrogen (secondary N) is 1.